The highest BCUT2D eigenvalue weighted by atomic mass is 35.5. The maximum atomic E-state index is 12.5. The van der Waals surface area contributed by atoms with Crippen LogP contribution in [0.2, 0.25) is 5.02 Å². The fourth-order valence-electron chi connectivity index (χ4n) is 3.09. The van der Waals surface area contributed by atoms with E-state index in [9.17, 15) is 9.59 Å². The number of nitrogens with zero attached hydrogens (tertiary/aromatic N) is 4. The van der Waals surface area contributed by atoms with Crippen LogP contribution in [-0.4, -0.2) is 72.9 Å². The van der Waals surface area contributed by atoms with Gasteiger partial charge in [0, 0.05) is 43.1 Å². The number of pyridine rings is 1. The minimum Gasteiger partial charge on any atom is -0.353 e. The summed E-state index contributed by atoms with van der Waals surface area (Å²) in [5, 5.41) is 3.41. The lowest BCUT2D eigenvalue weighted by Crippen LogP contribution is -2.51. The van der Waals surface area contributed by atoms with Crippen LogP contribution in [0.1, 0.15) is 0 Å². The van der Waals surface area contributed by atoms with Crippen LogP contribution in [0.5, 0.6) is 0 Å². The Kier molecular flexibility index (Phi) is 6.84. The second-order valence-corrected chi connectivity index (χ2v) is 7.22. The van der Waals surface area contributed by atoms with Crippen LogP contribution in [-0.2, 0) is 9.59 Å². The van der Waals surface area contributed by atoms with Crippen LogP contribution >= 0.6 is 11.6 Å². The van der Waals surface area contributed by atoms with E-state index in [1.165, 1.54) is 0 Å². The second kappa shape index (κ2) is 9.52. The molecule has 0 spiro atoms. The number of carbonyl (C=O) groups is 2. The highest BCUT2D eigenvalue weighted by Crippen LogP contribution is 2.14. The summed E-state index contributed by atoms with van der Waals surface area (Å²) in [5.74, 6) is 0.797. The van der Waals surface area contributed by atoms with Gasteiger partial charge in [0.15, 0.2) is 0 Å². The molecule has 0 aliphatic carbocycles. The van der Waals surface area contributed by atoms with E-state index >= 15 is 0 Å². The monoisotopic (exact) mass is 401 g/mol. The largest absolute Gasteiger partial charge is 0.353 e. The van der Waals surface area contributed by atoms with Crippen LogP contribution in [0, 0.1) is 0 Å². The van der Waals surface area contributed by atoms with E-state index < -0.39 is 0 Å². The van der Waals surface area contributed by atoms with E-state index in [-0.39, 0.29) is 24.9 Å². The minimum absolute atomic E-state index is 0.0301. The third-order valence-electron chi connectivity index (χ3n) is 4.55. The molecule has 1 aromatic heterocycles. The lowest BCUT2D eigenvalue weighted by molar-refractivity contribution is -0.132. The fourth-order valence-corrected chi connectivity index (χ4v) is 3.22. The number of hydrogen-bond acceptors (Lipinski definition) is 5. The van der Waals surface area contributed by atoms with Crippen LogP contribution in [0.15, 0.2) is 48.7 Å². The molecule has 148 valence electrons. The molecule has 0 unspecified atom stereocenters. The number of carbonyl (C=O) groups excluding carboxylic acids is 2. The Hall–Kier alpha value is -2.64. The average molecular weight is 402 g/mol. The topological polar surface area (TPSA) is 68.8 Å². The predicted octanol–water partition coefficient (Wildman–Crippen LogP) is 1.95. The number of anilines is 2. The summed E-state index contributed by atoms with van der Waals surface area (Å²) in [4.78, 5) is 34.8. The van der Waals surface area contributed by atoms with Crippen LogP contribution in [0.25, 0.3) is 0 Å². The molecule has 0 radical (unpaired) electrons. The summed E-state index contributed by atoms with van der Waals surface area (Å²) >= 11 is 5.84. The Morgan fingerprint density at radius 3 is 2.43 bits per heavy atom. The Balaban J connectivity index is 1.41. The zero-order valence-corrected chi connectivity index (χ0v) is 16.6. The van der Waals surface area contributed by atoms with Crippen molar-refractivity contribution in [2.45, 2.75) is 0 Å². The number of hydrogen-bond donors (Lipinski definition) is 1. The van der Waals surface area contributed by atoms with Crippen molar-refractivity contribution in [3.05, 3.63) is 53.7 Å². The van der Waals surface area contributed by atoms with Crippen molar-refractivity contribution in [3.63, 3.8) is 0 Å². The first-order valence-corrected chi connectivity index (χ1v) is 9.57. The minimum atomic E-state index is -0.169. The van der Waals surface area contributed by atoms with Gasteiger partial charge in [-0.3, -0.25) is 14.5 Å². The molecule has 7 nitrogen and oxygen atoms in total. The lowest BCUT2D eigenvalue weighted by Gasteiger charge is -2.36. The third kappa shape index (κ3) is 5.68. The van der Waals surface area contributed by atoms with Crippen molar-refractivity contribution in [2.75, 3.05) is 56.5 Å². The molecule has 2 heterocycles. The Labute approximate surface area is 169 Å². The molecule has 0 saturated carbocycles. The smallest absolute Gasteiger partial charge is 0.238 e. The maximum Gasteiger partial charge on any atom is 0.238 e. The highest BCUT2D eigenvalue weighted by Gasteiger charge is 2.23. The number of amides is 2. The second-order valence-electron chi connectivity index (χ2n) is 6.78. The molecule has 2 amide bonds. The number of benzene rings is 1. The summed E-state index contributed by atoms with van der Waals surface area (Å²) in [5.41, 5.74) is 0.680. The zero-order valence-electron chi connectivity index (χ0n) is 15.8. The molecule has 1 aliphatic rings. The van der Waals surface area contributed by atoms with Gasteiger partial charge < -0.3 is 15.1 Å². The number of rotatable bonds is 6. The average Bonchev–Trinajstić information content (AvgIpc) is 2.70. The summed E-state index contributed by atoms with van der Waals surface area (Å²) in [6.07, 6.45) is 1.77. The van der Waals surface area contributed by atoms with E-state index in [0.29, 0.717) is 23.8 Å². The van der Waals surface area contributed by atoms with Gasteiger partial charge in [-0.25, -0.2) is 4.98 Å². The number of piperazine rings is 1. The number of halogens is 1. The Morgan fingerprint density at radius 1 is 1.07 bits per heavy atom. The SMILES string of the molecule is CN(CC(=O)Nc1ccc(Cl)cc1)CC(=O)N1CCN(c2ccccn2)CC1. The van der Waals surface area contributed by atoms with Crippen molar-refractivity contribution in [1.82, 2.24) is 14.8 Å². The fraction of sp³-hybridized carbons (Fsp3) is 0.350. The molecule has 8 heteroatoms. The van der Waals surface area contributed by atoms with Crippen LogP contribution in [0.3, 0.4) is 0 Å². The molecule has 1 saturated heterocycles. The molecule has 1 N–H and O–H groups in total. The van der Waals surface area contributed by atoms with Gasteiger partial charge in [0.25, 0.3) is 0 Å². The van der Waals surface area contributed by atoms with E-state index in [2.05, 4.69) is 15.2 Å². The molecule has 1 aliphatic heterocycles. The van der Waals surface area contributed by atoms with Crippen LogP contribution < -0.4 is 10.2 Å². The standard InChI is InChI=1S/C20H24ClN5O2/c1-24(14-19(27)23-17-7-5-16(21)6-8-17)15-20(28)26-12-10-25(11-13-26)18-4-2-3-9-22-18/h2-9H,10-15H2,1H3,(H,23,27). The summed E-state index contributed by atoms with van der Waals surface area (Å²) in [7, 11) is 1.77. The van der Waals surface area contributed by atoms with Gasteiger partial charge >= 0.3 is 0 Å². The molecule has 1 aromatic carbocycles. The maximum absolute atomic E-state index is 12.5. The molecule has 1 fully saturated rings. The zero-order chi connectivity index (χ0) is 19.9. The lowest BCUT2D eigenvalue weighted by atomic mass is 10.3. The van der Waals surface area contributed by atoms with E-state index in [4.69, 9.17) is 11.6 Å². The molecule has 0 atom stereocenters. The van der Waals surface area contributed by atoms with Gasteiger partial charge in [0.2, 0.25) is 11.8 Å². The van der Waals surface area contributed by atoms with Crippen molar-refractivity contribution < 1.29 is 9.59 Å². The Bertz CT molecular complexity index is 792. The molecule has 3 rings (SSSR count). The van der Waals surface area contributed by atoms with Gasteiger partial charge in [0.1, 0.15) is 5.82 Å². The summed E-state index contributed by atoms with van der Waals surface area (Å²) < 4.78 is 0. The first-order chi connectivity index (χ1) is 13.5. The quantitative estimate of drug-likeness (QED) is 0.801. The van der Waals surface area contributed by atoms with Crippen molar-refractivity contribution in [3.8, 4) is 0 Å². The first-order valence-electron chi connectivity index (χ1n) is 9.19. The number of nitrogens with one attached hydrogen (secondary N) is 1. The van der Waals surface area contributed by atoms with Crippen molar-refractivity contribution >= 4 is 34.9 Å². The molecular formula is C20H24ClN5O2. The summed E-state index contributed by atoms with van der Waals surface area (Å²) in [6.45, 7) is 3.16. The van der Waals surface area contributed by atoms with Gasteiger partial charge in [0.05, 0.1) is 13.1 Å². The van der Waals surface area contributed by atoms with Gasteiger partial charge in [-0.05, 0) is 43.4 Å². The van der Waals surface area contributed by atoms with Crippen molar-refractivity contribution in [2.24, 2.45) is 0 Å². The molecule has 28 heavy (non-hydrogen) atoms. The predicted molar refractivity (Wildman–Crippen MR) is 111 cm³/mol. The highest BCUT2D eigenvalue weighted by molar-refractivity contribution is 6.30. The van der Waals surface area contributed by atoms with E-state index in [0.717, 1.165) is 18.9 Å². The normalized spacial score (nSPS) is 14.2. The van der Waals surface area contributed by atoms with Gasteiger partial charge in [-0.15, -0.1) is 0 Å². The molecule has 0 bridgehead atoms. The van der Waals surface area contributed by atoms with E-state index in [1.807, 2.05) is 23.1 Å². The number of aromatic nitrogens is 1. The third-order valence-corrected chi connectivity index (χ3v) is 4.80. The van der Waals surface area contributed by atoms with Gasteiger partial charge in [-0.1, -0.05) is 17.7 Å². The molecule has 2 aromatic rings. The van der Waals surface area contributed by atoms with Crippen LogP contribution in [0.4, 0.5) is 11.5 Å². The first kappa shape index (κ1) is 20.1. The summed E-state index contributed by atoms with van der Waals surface area (Å²) in [6, 6.07) is 12.7. The Morgan fingerprint density at radius 2 is 1.79 bits per heavy atom. The molecular weight excluding hydrogens is 378 g/mol. The van der Waals surface area contributed by atoms with Gasteiger partial charge in [-0.2, -0.15) is 0 Å². The van der Waals surface area contributed by atoms with E-state index in [1.54, 1.807) is 42.4 Å². The van der Waals surface area contributed by atoms with Crippen molar-refractivity contribution in [1.29, 1.82) is 0 Å². The number of likely N-dealkylation sites (N-methyl/N-ethyl adjacent to an activating group) is 1.